The number of carbonyl (C=O) groups is 1. The zero-order valence-electron chi connectivity index (χ0n) is 21.1. The molecule has 0 saturated carbocycles. The molecule has 38 heavy (non-hydrogen) atoms. The average Bonchev–Trinajstić information content (AvgIpc) is 3.27. The quantitative estimate of drug-likeness (QED) is 0.394. The van der Waals surface area contributed by atoms with E-state index < -0.39 is 64.6 Å². The molecule has 3 atom stereocenters. The summed E-state index contributed by atoms with van der Waals surface area (Å²) in [6, 6.07) is 10.4. The van der Waals surface area contributed by atoms with Crippen molar-refractivity contribution in [2.75, 3.05) is 38.0 Å². The molecule has 3 aromatic rings. The maximum absolute atomic E-state index is 13.1. The van der Waals surface area contributed by atoms with Crippen molar-refractivity contribution >= 4 is 32.5 Å². The highest BCUT2D eigenvalue weighted by Crippen LogP contribution is 2.31. The SMILES string of the molecule is Cc1cn([C@H]2C[C@H](OC(=O)OCCS(=O)(=O)c3cccc4c(N(C)C)cccc34)[C@@H](CO)O2)c(=O)[nH]c1=O. The number of rotatable bonds is 8. The molecule has 0 aliphatic carbocycles. The Morgan fingerprint density at radius 1 is 1.18 bits per heavy atom. The molecule has 0 spiro atoms. The summed E-state index contributed by atoms with van der Waals surface area (Å²) < 4.78 is 43.2. The van der Waals surface area contributed by atoms with Gasteiger partial charge in [-0.3, -0.25) is 14.3 Å². The van der Waals surface area contributed by atoms with Crippen molar-refractivity contribution in [2.24, 2.45) is 0 Å². The Hall–Kier alpha value is -3.68. The minimum absolute atomic E-state index is 0.00816. The van der Waals surface area contributed by atoms with Crippen molar-refractivity contribution in [3.05, 3.63) is 69.0 Å². The Bertz CT molecular complexity index is 1560. The predicted octanol–water partition coefficient (Wildman–Crippen LogP) is 1.34. The normalized spacial score (nSPS) is 19.4. The van der Waals surface area contributed by atoms with Crippen LogP contribution in [0.4, 0.5) is 10.5 Å². The van der Waals surface area contributed by atoms with Crippen LogP contribution in [0.15, 0.2) is 57.1 Å². The monoisotopic (exact) mass is 547 g/mol. The van der Waals surface area contributed by atoms with Gasteiger partial charge in [0.1, 0.15) is 25.0 Å². The van der Waals surface area contributed by atoms with Gasteiger partial charge in [0.15, 0.2) is 9.84 Å². The van der Waals surface area contributed by atoms with Crippen molar-refractivity contribution in [1.82, 2.24) is 9.55 Å². The molecule has 13 heteroatoms. The lowest BCUT2D eigenvalue weighted by molar-refractivity contribution is -0.0570. The van der Waals surface area contributed by atoms with Gasteiger partial charge < -0.3 is 24.2 Å². The number of nitrogens with one attached hydrogen (secondary N) is 1. The standard InChI is InChI=1S/C25H29N3O9S/c1-15-13-28(24(31)26-23(15)30)22-12-19(20(14-29)36-22)37-25(32)35-10-11-38(33,34)21-9-5-6-16-17(21)7-4-8-18(16)27(2)3/h4-9,13,19-20,22,29H,10-12,14H2,1-3H3,(H,26,30,31)/t19-,20+,22+/m0/s1. The van der Waals surface area contributed by atoms with Crippen LogP contribution in [0, 0.1) is 6.92 Å². The number of nitrogens with zero attached hydrogens (tertiary/aromatic N) is 2. The molecule has 0 unspecified atom stereocenters. The maximum Gasteiger partial charge on any atom is 0.508 e. The van der Waals surface area contributed by atoms with E-state index in [0.717, 1.165) is 15.6 Å². The molecule has 204 valence electrons. The molecule has 12 nitrogen and oxygen atoms in total. The number of sulfone groups is 1. The number of hydrogen-bond donors (Lipinski definition) is 2. The van der Waals surface area contributed by atoms with Gasteiger partial charge in [-0.05, 0) is 19.1 Å². The van der Waals surface area contributed by atoms with Crippen LogP contribution in [0.1, 0.15) is 18.2 Å². The minimum atomic E-state index is -3.81. The van der Waals surface area contributed by atoms with E-state index in [0.29, 0.717) is 5.39 Å². The average molecular weight is 548 g/mol. The summed E-state index contributed by atoms with van der Waals surface area (Å²) in [4.78, 5) is 40.3. The fourth-order valence-electron chi connectivity index (χ4n) is 4.39. The first-order valence-electron chi connectivity index (χ1n) is 11.9. The number of aromatic amines is 1. The second-order valence-corrected chi connectivity index (χ2v) is 11.2. The molecule has 1 aliphatic rings. The predicted molar refractivity (Wildman–Crippen MR) is 138 cm³/mol. The molecule has 1 fully saturated rings. The lowest BCUT2D eigenvalue weighted by Crippen LogP contribution is -2.33. The van der Waals surface area contributed by atoms with Crippen LogP contribution >= 0.6 is 0 Å². The van der Waals surface area contributed by atoms with E-state index in [-0.39, 0.29) is 16.9 Å². The third-order valence-corrected chi connectivity index (χ3v) is 8.04. The minimum Gasteiger partial charge on any atom is -0.433 e. The molecular weight excluding hydrogens is 518 g/mol. The van der Waals surface area contributed by atoms with Crippen LogP contribution in [0.2, 0.25) is 0 Å². The molecular formula is C25H29N3O9S. The van der Waals surface area contributed by atoms with Crippen LogP contribution in [0.5, 0.6) is 0 Å². The Kier molecular flexibility index (Phi) is 7.90. The van der Waals surface area contributed by atoms with Crippen LogP contribution in [-0.4, -0.2) is 74.5 Å². The van der Waals surface area contributed by atoms with Gasteiger partial charge in [-0.1, -0.05) is 24.3 Å². The zero-order valence-corrected chi connectivity index (χ0v) is 21.9. The number of carbonyl (C=O) groups excluding carboxylic acids is 1. The number of ether oxygens (including phenoxy) is 3. The van der Waals surface area contributed by atoms with Gasteiger partial charge >= 0.3 is 11.8 Å². The number of hydrogen-bond acceptors (Lipinski definition) is 10. The van der Waals surface area contributed by atoms with E-state index in [2.05, 4.69) is 4.98 Å². The van der Waals surface area contributed by atoms with Crippen molar-refractivity contribution in [3.8, 4) is 0 Å². The summed E-state index contributed by atoms with van der Waals surface area (Å²) in [5.74, 6) is -0.466. The van der Waals surface area contributed by atoms with Crippen molar-refractivity contribution in [2.45, 2.75) is 36.7 Å². The van der Waals surface area contributed by atoms with Crippen LogP contribution in [0.25, 0.3) is 10.8 Å². The summed E-state index contributed by atoms with van der Waals surface area (Å²) in [5, 5.41) is 11.0. The number of H-pyrrole nitrogens is 1. The topological polar surface area (TPSA) is 157 Å². The fraction of sp³-hybridized carbons (Fsp3) is 0.400. The van der Waals surface area contributed by atoms with Crippen LogP contribution < -0.4 is 16.1 Å². The highest BCUT2D eigenvalue weighted by molar-refractivity contribution is 7.91. The van der Waals surface area contributed by atoms with Crippen molar-refractivity contribution in [3.63, 3.8) is 0 Å². The Morgan fingerprint density at radius 2 is 1.89 bits per heavy atom. The second-order valence-electron chi connectivity index (χ2n) is 9.12. The smallest absolute Gasteiger partial charge is 0.433 e. The van der Waals surface area contributed by atoms with Crippen LogP contribution in [-0.2, 0) is 24.0 Å². The summed E-state index contributed by atoms with van der Waals surface area (Å²) >= 11 is 0. The Labute approximate surface area is 218 Å². The summed E-state index contributed by atoms with van der Waals surface area (Å²) in [5.41, 5.74) is -0.0881. The summed E-state index contributed by atoms with van der Waals surface area (Å²) in [6.07, 6.45) is -2.61. The number of aliphatic hydroxyl groups is 1. The third-order valence-electron chi connectivity index (χ3n) is 6.31. The van der Waals surface area contributed by atoms with E-state index in [1.54, 1.807) is 18.2 Å². The van der Waals surface area contributed by atoms with Gasteiger partial charge in [0.05, 0.1) is 17.3 Å². The summed E-state index contributed by atoms with van der Waals surface area (Å²) in [6.45, 7) is 0.562. The molecule has 2 N–H and O–H groups in total. The van der Waals surface area contributed by atoms with Crippen molar-refractivity contribution < 1.29 is 32.5 Å². The van der Waals surface area contributed by atoms with Gasteiger partial charge in [0.25, 0.3) is 5.56 Å². The van der Waals surface area contributed by atoms with E-state index in [9.17, 15) is 27.9 Å². The molecule has 1 saturated heterocycles. The molecule has 1 aromatic heterocycles. The number of fused-ring (bicyclic) bond motifs is 1. The van der Waals surface area contributed by atoms with Gasteiger partial charge in [0, 0.05) is 48.7 Å². The van der Waals surface area contributed by atoms with Crippen molar-refractivity contribution in [1.29, 1.82) is 0 Å². The number of anilines is 1. The van der Waals surface area contributed by atoms with Gasteiger partial charge in [-0.15, -0.1) is 0 Å². The highest BCUT2D eigenvalue weighted by atomic mass is 32.2. The number of aliphatic hydroxyl groups excluding tert-OH is 1. The molecule has 4 rings (SSSR count). The number of benzene rings is 2. The Morgan fingerprint density at radius 3 is 2.61 bits per heavy atom. The van der Waals surface area contributed by atoms with E-state index in [1.165, 1.54) is 19.2 Å². The molecule has 0 amide bonds. The lowest BCUT2D eigenvalue weighted by atomic mass is 10.1. The third kappa shape index (κ3) is 5.59. The fourth-order valence-corrected chi connectivity index (χ4v) is 5.71. The van der Waals surface area contributed by atoms with E-state index in [1.807, 2.05) is 31.1 Å². The van der Waals surface area contributed by atoms with Gasteiger partial charge in [-0.25, -0.2) is 18.0 Å². The Balaban J connectivity index is 1.40. The lowest BCUT2D eigenvalue weighted by Gasteiger charge is -2.17. The van der Waals surface area contributed by atoms with Crippen LogP contribution in [0.3, 0.4) is 0 Å². The molecule has 0 radical (unpaired) electrons. The molecule has 0 bridgehead atoms. The largest absolute Gasteiger partial charge is 0.508 e. The first-order valence-corrected chi connectivity index (χ1v) is 13.5. The first kappa shape index (κ1) is 27.4. The van der Waals surface area contributed by atoms with Gasteiger partial charge in [0.2, 0.25) is 0 Å². The van der Waals surface area contributed by atoms with Gasteiger partial charge in [-0.2, -0.15) is 0 Å². The van der Waals surface area contributed by atoms with E-state index >= 15 is 0 Å². The zero-order chi connectivity index (χ0) is 27.6. The van der Waals surface area contributed by atoms with E-state index in [4.69, 9.17) is 14.2 Å². The molecule has 1 aliphatic heterocycles. The first-order chi connectivity index (χ1) is 18.0. The summed E-state index contributed by atoms with van der Waals surface area (Å²) in [7, 11) is -0.0692. The molecule has 2 aromatic carbocycles. The molecule has 2 heterocycles. The second kappa shape index (κ2) is 11.0. The number of aryl methyl sites for hydroxylation is 1. The maximum atomic E-state index is 13.1. The number of aromatic nitrogens is 2. The highest BCUT2D eigenvalue weighted by Gasteiger charge is 2.39.